The molecule has 0 saturated heterocycles. The third-order valence-electron chi connectivity index (χ3n) is 3.29. The second kappa shape index (κ2) is 8.05. The van der Waals surface area contributed by atoms with Crippen LogP contribution in [0.5, 0.6) is 11.5 Å². The van der Waals surface area contributed by atoms with Crippen molar-refractivity contribution in [1.82, 2.24) is 5.32 Å². The Morgan fingerprint density at radius 3 is 2.30 bits per heavy atom. The van der Waals surface area contributed by atoms with E-state index in [4.69, 9.17) is 15.2 Å². The number of methoxy groups -OCH3 is 2. The fourth-order valence-electron chi connectivity index (χ4n) is 2.10. The number of rotatable bonds is 6. The van der Waals surface area contributed by atoms with Gasteiger partial charge >= 0.3 is 6.03 Å². The summed E-state index contributed by atoms with van der Waals surface area (Å²) in [4.78, 5) is 12.0. The van der Waals surface area contributed by atoms with Gasteiger partial charge in [-0.3, -0.25) is 0 Å². The molecule has 0 saturated carbocycles. The van der Waals surface area contributed by atoms with E-state index in [-0.39, 0.29) is 6.03 Å². The third-order valence-corrected chi connectivity index (χ3v) is 3.29. The Labute approximate surface area is 135 Å². The van der Waals surface area contributed by atoms with Gasteiger partial charge in [0.15, 0.2) is 0 Å². The number of hydrogen-bond donors (Lipinski definition) is 3. The first kappa shape index (κ1) is 16.6. The molecule has 4 N–H and O–H groups in total. The van der Waals surface area contributed by atoms with Crippen LogP contribution in [0, 0.1) is 0 Å². The van der Waals surface area contributed by atoms with Gasteiger partial charge in [0.1, 0.15) is 11.5 Å². The topological polar surface area (TPSA) is 85.6 Å². The van der Waals surface area contributed by atoms with Crippen molar-refractivity contribution in [1.29, 1.82) is 0 Å². The van der Waals surface area contributed by atoms with E-state index < -0.39 is 0 Å². The molecule has 0 bridgehead atoms. The Kier molecular flexibility index (Phi) is 5.82. The van der Waals surface area contributed by atoms with Gasteiger partial charge in [-0.2, -0.15) is 0 Å². The van der Waals surface area contributed by atoms with Crippen molar-refractivity contribution in [3.8, 4) is 11.5 Å². The number of anilines is 1. The molecule has 2 rings (SSSR count). The first-order valence-corrected chi connectivity index (χ1v) is 7.20. The molecule has 0 aliphatic rings. The summed E-state index contributed by atoms with van der Waals surface area (Å²) in [5.74, 6) is 1.21. The number of urea groups is 1. The van der Waals surface area contributed by atoms with Crippen LogP contribution in [0.3, 0.4) is 0 Å². The van der Waals surface area contributed by atoms with Crippen LogP contribution in [0.4, 0.5) is 10.5 Å². The van der Waals surface area contributed by atoms with E-state index in [0.29, 0.717) is 30.3 Å². The summed E-state index contributed by atoms with van der Waals surface area (Å²) in [6, 6.07) is 12.6. The van der Waals surface area contributed by atoms with Crippen LogP contribution in [0.15, 0.2) is 42.5 Å². The summed E-state index contributed by atoms with van der Waals surface area (Å²) in [7, 11) is 3.12. The van der Waals surface area contributed by atoms with E-state index >= 15 is 0 Å². The smallest absolute Gasteiger partial charge is 0.319 e. The highest BCUT2D eigenvalue weighted by Gasteiger charge is 2.06. The monoisotopic (exact) mass is 315 g/mol. The van der Waals surface area contributed by atoms with Crippen LogP contribution in [0.1, 0.15) is 11.1 Å². The highest BCUT2D eigenvalue weighted by molar-refractivity contribution is 5.89. The standard InChI is InChI=1S/C17H21N3O3/c1-22-15-7-14(8-16(9-15)23-2)20-17(21)19-11-13-5-3-4-12(6-13)10-18/h3-9H,10-11,18H2,1-2H3,(H2,19,20,21). The van der Waals surface area contributed by atoms with Crippen molar-refractivity contribution in [2.45, 2.75) is 13.1 Å². The minimum absolute atomic E-state index is 0.307. The molecule has 2 amide bonds. The molecule has 0 aromatic heterocycles. The Morgan fingerprint density at radius 1 is 1.04 bits per heavy atom. The van der Waals surface area contributed by atoms with Gasteiger partial charge in [-0.1, -0.05) is 24.3 Å². The molecule has 2 aromatic carbocycles. The SMILES string of the molecule is COc1cc(NC(=O)NCc2cccc(CN)c2)cc(OC)c1. The number of amides is 2. The average Bonchev–Trinajstić information content (AvgIpc) is 2.59. The lowest BCUT2D eigenvalue weighted by atomic mass is 10.1. The summed E-state index contributed by atoms with van der Waals surface area (Å²) in [6.07, 6.45) is 0. The third kappa shape index (κ3) is 4.89. The van der Waals surface area contributed by atoms with Gasteiger partial charge in [0.05, 0.1) is 14.2 Å². The summed E-state index contributed by atoms with van der Waals surface area (Å²) >= 11 is 0. The molecule has 23 heavy (non-hydrogen) atoms. The number of nitrogens with two attached hydrogens (primary N) is 1. The maximum Gasteiger partial charge on any atom is 0.319 e. The van der Waals surface area contributed by atoms with Crippen LogP contribution in [-0.4, -0.2) is 20.3 Å². The Balaban J connectivity index is 1.96. The number of hydrogen-bond acceptors (Lipinski definition) is 4. The molecular weight excluding hydrogens is 294 g/mol. The number of benzene rings is 2. The summed E-state index contributed by atoms with van der Waals surface area (Å²) in [5.41, 5.74) is 8.22. The Morgan fingerprint density at radius 2 is 1.70 bits per heavy atom. The fourth-order valence-corrected chi connectivity index (χ4v) is 2.10. The Hall–Kier alpha value is -2.73. The lowest BCUT2D eigenvalue weighted by Crippen LogP contribution is -2.28. The van der Waals surface area contributed by atoms with E-state index in [1.54, 1.807) is 32.4 Å². The molecular formula is C17H21N3O3. The second-order valence-corrected chi connectivity index (χ2v) is 4.93. The molecule has 0 unspecified atom stereocenters. The molecule has 0 aliphatic heterocycles. The van der Waals surface area contributed by atoms with Crippen molar-refractivity contribution < 1.29 is 14.3 Å². The van der Waals surface area contributed by atoms with E-state index in [2.05, 4.69) is 10.6 Å². The highest BCUT2D eigenvalue weighted by atomic mass is 16.5. The van der Waals surface area contributed by atoms with Crippen LogP contribution in [-0.2, 0) is 13.1 Å². The zero-order valence-electron chi connectivity index (χ0n) is 13.3. The van der Waals surface area contributed by atoms with Gasteiger partial charge in [-0.05, 0) is 11.1 Å². The van der Waals surface area contributed by atoms with Gasteiger partial charge in [-0.15, -0.1) is 0 Å². The highest BCUT2D eigenvalue weighted by Crippen LogP contribution is 2.25. The first-order chi connectivity index (χ1) is 11.1. The molecule has 0 radical (unpaired) electrons. The average molecular weight is 315 g/mol. The van der Waals surface area contributed by atoms with Crippen LogP contribution >= 0.6 is 0 Å². The summed E-state index contributed by atoms with van der Waals surface area (Å²) in [5, 5.41) is 5.56. The largest absolute Gasteiger partial charge is 0.497 e. The van der Waals surface area contributed by atoms with Crippen LogP contribution in [0.25, 0.3) is 0 Å². The molecule has 6 nitrogen and oxygen atoms in total. The second-order valence-electron chi connectivity index (χ2n) is 4.93. The minimum Gasteiger partial charge on any atom is -0.497 e. The molecule has 2 aromatic rings. The van der Waals surface area contributed by atoms with Crippen molar-refractivity contribution in [3.05, 3.63) is 53.6 Å². The van der Waals surface area contributed by atoms with Gasteiger partial charge in [0, 0.05) is 37.0 Å². The van der Waals surface area contributed by atoms with Crippen molar-refractivity contribution >= 4 is 11.7 Å². The van der Waals surface area contributed by atoms with E-state index in [1.165, 1.54) is 0 Å². The maximum absolute atomic E-state index is 12.0. The molecule has 122 valence electrons. The van der Waals surface area contributed by atoms with Gasteiger partial charge in [-0.25, -0.2) is 4.79 Å². The van der Waals surface area contributed by atoms with Gasteiger partial charge in [0.25, 0.3) is 0 Å². The summed E-state index contributed by atoms with van der Waals surface area (Å²) in [6.45, 7) is 0.893. The first-order valence-electron chi connectivity index (χ1n) is 7.20. The van der Waals surface area contributed by atoms with Crippen LogP contribution in [0.2, 0.25) is 0 Å². The predicted molar refractivity (Wildman–Crippen MR) is 89.7 cm³/mol. The van der Waals surface area contributed by atoms with E-state index in [9.17, 15) is 4.79 Å². The normalized spacial score (nSPS) is 10.0. The number of nitrogens with one attached hydrogen (secondary N) is 2. The van der Waals surface area contributed by atoms with E-state index in [0.717, 1.165) is 11.1 Å². The fraction of sp³-hybridized carbons (Fsp3) is 0.235. The zero-order chi connectivity index (χ0) is 16.7. The zero-order valence-corrected chi connectivity index (χ0v) is 13.3. The minimum atomic E-state index is -0.307. The molecule has 0 spiro atoms. The quantitative estimate of drug-likeness (QED) is 0.764. The maximum atomic E-state index is 12.0. The van der Waals surface area contributed by atoms with Crippen molar-refractivity contribution in [3.63, 3.8) is 0 Å². The van der Waals surface area contributed by atoms with Gasteiger partial charge in [0.2, 0.25) is 0 Å². The Bertz CT molecular complexity index is 652. The molecule has 0 atom stereocenters. The number of carbonyl (C=O) groups excluding carboxylic acids is 1. The van der Waals surface area contributed by atoms with Crippen LogP contribution < -0.4 is 25.8 Å². The lowest BCUT2D eigenvalue weighted by Gasteiger charge is -2.11. The molecule has 6 heteroatoms. The van der Waals surface area contributed by atoms with Crippen molar-refractivity contribution in [2.24, 2.45) is 5.73 Å². The number of ether oxygens (including phenoxy) is 2. The molecule has 0 fully saturated rings. The van der Waals surface area contributed by atoms with Gasteiger partial charge < -0.3 is 25.8 Å². The summed E-state index contributed by atoms with van der Waals surface area (Å²) < 4.78 is 10.3. The molecule has 0 aliphatic carbocycles. The number of carbonyl (C=O) groups is 1. The molecule has 0 heterocycles. The predicted octanol–water partition coefficient (Wildman–Crippen LogP) is 2.48. The lowest BCUT2D eigenvalue weighted by molar-refractivity contribution is 0.251. The van der Waals surface area contributed by atoms with E-state index in [1.807, 2.05) is 24.3 Å². The van der Waals surface area contributed by atoms with Crippen molar-refractivity contribution in [2.75, 3.05) is 19.5 Å².